The molecule has 0 aromatic heterocycles. The molecular formula is C13H14ClNO4. The predicted octanol–water partition coefficient (Wildman–Crippen LogP) is 3.60. The maximum absolute atomic E-state index is 11.8. The van der Waals surface area contributed by atoms with E-state index in [1.54, 1.807) is 0 Å². The number of hydrogen-bond donors (Lipinski definition) is 0. The maximum atomic E-state index is 11.8. The molecule has 19 heavy (non-hydrogen) atoms. The molecule has 1 aromatic carbocycles. The molecule has 0 radical (unpaired) electrons. The zero-order chi connectivity index (χ0) is 13.8. The van der Waals surface area contributed by atoms with Gasteiger partial charge in [0.05, 0.1) is 17.1 Å². The van der Waals surface area contributed by atoms with Crippen LogP contribution in [0.1, 0.15) is 36.0 Å². The van der Waals surface area contributed by atoms with E-state index in [1.807, 2.05) is 0 Å². The number of benzene rings is 1. The Balaban J connectivity index is 1.97. The Bertz CT molecular complexity index is 499. The second-order valence-electron chi connectivity index (χ2n) is 4.62. The van der Waals surface area contributed by atoms with Crippen molar-refractivity contribution >= 4 is 23.3 Å². The van der Waals surface area contributed by atoms with Crippen molar-refractivity contribution in [1.29, 1.82) is 0 Å². The third-order valence-corrected chi connectivity index (χ3v) is 3.78. The molecule has 102 valence electrons. The summed E-state index contributed by atoms with van der Waals surface area (Å²) in [6.07, 6.45) is 4.47. The molecule has 0 unspecified atom stereocenters. The Morgan fingerprint density at radius 2 is 2.21 bits per heavy atom. The summed E-state index contributed by atoms with van der Waals surface area (Å²) in [5, 5.41) is 10.5. The van der Waals surface area contributed by atoms with E-state index in [0.29, 0.717) is 12.5 Å². The molecule has 0 saturated heterocycles. The van der Waals surface area contributed by atoms with E-state index in [4.69, 9.17) is 16.3 Å². The summed E-state index contributed by atoms with van der Waals surface area (Å²) in [7, 11) is 0. The van der Waals surface area contributed by atoms with Gasteiger partial charge in [-0.05, 0) is 18.4 Å². The minimum absolute atomic E-state index is 0.0458. The molecule has 0 spiro atoms. The molecule has 0 bridgehead atoms. The maximum Gasteiger partial charge on any atom is 0.339 e. The van der Waals surface area contributed by atoms with E-state index in [2.05, 4.69) is 0 Å². The highest BCUT2D eigenvalue weighted by Crippen LogP contribution is 2.30. The van der Waals surface area contributed by atoms with Crippen molar-refractivity contribution in [3.8, 4) is 0 Å². The summed E-state index contributed by atoms with van der Waals surface area (Å²) in [4.78, 5) is 21.9. The fourth-order valence-electron chi connectivity index (χ4n) is 2.00. The van der Waals surface area contributed by atoms with Gasteiger partial charge in [-0.1, -0.05) is 36.9 Å². The lowest BCUT2D eigenvalue weighted by Gasteiger charge is -2.24. The fourth-order valence-corrected chi connectivity index (χ4v) is 2.27. The Labute approximate surface area is 115 Å². The standard InChI is InChI=1S/C13H14ClNO4/c14-12-10(5-2-6-11(12)15(17)18)13(16)19-8-7-9-3-1-4-9/h2,5-6,9H,1,3-4,7-8H2. The highest BCUT2D eigenvalue weighted by molar-refractivity contribution is 6.35. The number of nitro benzene ring substituents is 1. The molecule has 1 saturated carbocycles. The minimum atomic E-state index is -0.618. The Kier molecular flexibility index (Phi) is 4.37. The second-order valence-corrected chi connectivity index (χ2v) is 5.00. The molecule has 1 aliphatic rings. The number of esters is 1. The van der Waals surface area contributed by atoms with Crippen molar-refractivity contribution in [3.05, 3.63) is 38.9 Å². The number of halogens is 1. The molecule has 2 rings (SSSR count). The van der Waals surface area contributed by atoms with Gasteiger partial charge in [0.1, 0.15) is 5.02 Å². The van der Waals surface area contributed by atoms with E-state index < -0.39 is 10.9 Å². The number of ether oxygens (including phenoxy) is 1. The minimum Gasteiger partial charge on any atom is -0.462 e. The third kappa shape index (κ3) is 3.23. The van der Waals surface area contributed by atoms with Crippen molar-refractivity contribution in [2.75, 3.05) is 6.61 Å². The summed E-state index contributed by atoms with van der Waals surface area (Å²) in [5.74, 6) is 0.0430. The topological polar surface area (TPSA) is 69.4 Å². The first-order valence-corrected chi connectivity index (χ1v) is 6.57. The van der Waals surface area contributed by atoms with Gasteiger partial charge in [0.15, 0.2) is 0 Å². The third-order valence-electron chi connectivity index (χ3n) is 3.38. The summed E-state index contributed by atoms with van der Waals surface area (Å²) >= 11 is 5.84. The van der Waals surface area contributed by atoms with Crippen LogP contribution in [-0.4, -0.2) is 17.5 Å². The van der Waals surface area contributed by atoms with Gasteiger partial charge in [-0.3, -0.25) is 10.1 Å². The average molecular weight is 284 g/mol. The van der Waals surface area contributed by atoms with Gasteiger partial charge in [-0.15, -0.1) is 0 Å². The van der Waals surface area contributed by atoms with Crippen LogP contribution in [0.25, 0.3) is 0 Å². The molecule has 5 nitrogen and oxygen atoms in total. The Morgan fingerprint density at radius 3 is 2.79 bits per heavy atom. The summed E-state index contributed by atoms with van der Waals surface area (Å²) in [6.45, 7) is 0.336. The normalized spacial score (nSPS) is 14.8. The summed E-state index contributed by atoms with van der Waals surface area (Å²) < 4.78 is 5.10. The van der Waals surface area contributed by atoms with Crippen LogP contribution >= 0.6 is 11.6 Å². The zero-order valence-electron chi connectivity index (χ0n) is 10.3. The number of nitro groups is 1. The quantitative estimate of drug-likeness (QED) is 0.470. The SMILES string of the molecule is O=C(OCCC1CCC1)c1cccc([N+](=O)[O-])c1Cl. The van der Waals surface area contributed by atoms with E-state index in [-0.39, 0.29) is 16.3 Å². The van der Waals surface area contributed by atoms with E-state index in [9.17, 15) is 14.9 Å². The van der Waals surface area contributed by atoms with Crippen LogP contribution in [0.3, 0.4) is 0 Å². The largest absolute Gasteiger partial charge is 0.462 e. The molecule has 1 aliphatic carbocycles. The highest BCUT2D eigenvalue weighted by Gasteiger charge is 2.22. The van der Waals surface area contributed by atoms with Crippen molar-refractivity contribution < 1.29 is 14.5 Å². The lowest BCUT2D eigenvalue weighted by molar-refractivity contribution is -0.384. The van der Waals surface area contributed by atoms with Gasteiger partial charge < -0.3 is 4.74 Å². The fraction of sp³-hybridized carbons (Fsp3) is 0.462. The second kappa shape index (κ2) is 6.02. The first-order chi connectivity index (χ1) is 9.09. The van der Waals surface area contributed by atoms with Crippen molar-refractivity contribution in [2.45, 2.75) is 25.7 Å². The lowest BCUT2D eigenvalue weighted by Crippen LogP contribution is -2.15. The van der Waals surface area contributed by atoms with Gasteiger partial charge in [-0.2, -0.15) is 0 Å². The molecule has 1 fully saturated rings. The number of nitrogens with zero attached hydrogens (tertiary/aromatic N) is 1. The smallest absolute Gasteiger partial charge is 0.339 e. The number of rotatable bonds is 5. The van der Waals surface area contributed by atoms with Crippen LogP contribution in [0.15, 0.2) is 18.2 Å². The predicted molar refractivity (Wildman–Crippen MR) is 70.3 cm³/mol. The number of hydrogen-bond acceptors (Lipinski definition) is 4. The van der Waals surface area contributed by atoms with Crippen LogP contribution in [0.2, 0.25) is 5.02 Å². The van der Waals surface area contributed by atoms with Gasteiger partial charge in [-0.25, -0.2) is 4.79 Å². The average Bonchev–Trinajstić information content (AvgIpc) is 2.32. The number of carbonyl (C=O) groups excluding carboxylic acids is 1. The van der Waals surface area contributed by atoms with Gasteiger partial charge in [0, 0.05) is 6.07 Å². The Hall–Kier alpha value is -1.62. The highest BCUT2D eigenvalue weighted by atomic mass is 35.5. The van der Waals surface area contributed by atoms with Crippen LogP contribution in [0, 0.1) is 16.0 Å². The van der Waals surface area contributed by atoms with E-state index in [0.717, 1.165) is 6.42 Å². The van der Waals surface area contributed by atoms with Gasteiger partial charge in [0.25, 0.3) is 5.69 Å². The van der Waals surface area contributed by atoms with E-state index >= 15 is 0 Å². The first kappa shape index (κ1) is 13.8. The molecule has 6 heteroatoms. The monoisotopic (exact) mass is 283 g/mol. The van der Waals surface area contributed by atoms with Crippen LogP contribution in [0.4, 0.5) is 5.69 Å². The van der Waals surface area contributed by atoms with E-state index in [1.165, 1.54) is 37.5 Å². The van der Waals surface area contributed by atoms with Crippen molar-refractivity contribution in [1.82, 2.24) is 0 Å². The van der Waals surface area contributed by atoms with Crippen molar-refractivity contribution in [2.24, 2.45) is 5.92 Å². The van der Waals surface area contributed by atoms with Crippen LogP contribution < -0.4 is 0 Å². The Morgan fingerprint density at radius 1 is 1.47 bits per heavy atom. The van der Waals surface area contributed by atoms with Crippen LogP contribution in [-0.2, 0) is 4.74 Å². The summed E-state index contributed by atoms with van der Waals surface area (Å²) in [5.41, 5.74) is -0.236. The number of carbonyl (C=O) groups is 1. The molecule has 0 aliphatic heterocycles. The molecule has 0 amide bonds. The molecular weight excluding hydrogens is 270 g/mol. The van der Waals surface area contributed by atoms with Gasteiger partial charge in [0.2, 0.25) is 0 Å². The van der Waals surface area contributed by atoms with Crippen LogP contribution in [0.5, 0.6) is 0 Å². The summed E-state index contributed by atoms with van der Waals surface area (Å²) in [6, 6.07) is 4.11. The molecule has 0 atom stereocenters. The van der Waals surface area contributed by atoms with Gasteiger partial charge >= 0.3 is 5.97 Å². The molecule has 0 heterocycles. The molecule has 1 aromatic rings. The zero-order valence-corrected chi connectivity index (χ0v) is 11.1. The first-order valence-electron chi connectivity index (χ1n) is 6.19. The molecule has 0 N–H and O–H groups in total. The lowest BCUT2D eigenvalue weighted by atomic mass is 9.83. The van der Waals surface area contributed by atoms with Crippen molar-refractivity contribution in [3.63, 3.8) is 0 Å².